The molecule has 1 unspecified atom stereocenters. The van der Waals surface area contributed by atoms with Crippen molar-refractivity contribution in [1.82, 2.24) is 10.2 Å². The minimum atomic E-state index is -0.791. The molecule has 1 aromatic carbocycles. The van der Waals surface area contributed by atoms with E-state index in [1.165, 1.54) is 5.56 Å². The van der Waals surface area contributed by atoms with Gasteiger partial charge in [0.2, 0.25) is 5.91 Å². The summed E-state index contributed by atoms with van der Waals surface area (Å²) < 4.78 is 0. The van der Waals surface area contributed by atoms with Crippen LogP contribution in [-0.4, -0.2) is 47.1 Å². The maximum Gasteiger partial charge on any atom is 0.317 e. The van der Waals surface area contributed by atoms with Crippen LogP contribution in [0.1, 0.15) is 36.8 Å². The van der Waals surface area contributed by atoms with Gasteiger partial charge in [0.25, 0.3) is 0 Å². The highest BCUT2D eigenvalue weighted by Gasteiger charge is 2.38. The Bertz CT molecular complexity index is 581. The molecule has 0 bridgehead atoms. The highest BCUT2D eigenvalue weighted by atomic mass is 16.4. The number of benzene rings is 1. The second-order valence-electron chi connectivity index (χ2n) is 6.24. The first kappa shape index (κ1) is 15.0. The number of carbonyl (C=O) groups is 2. The molecule has 0 aliphatic heterocycles. The maximum atomic E-state index is 12.3. The van der Waals surface area contributed by atoms with Crippen LogP contribution in [0.4, 0.5) is 0 Å². The van der Waals surface area contributed by atoms with Crippen molar-refractivity contribution < 1.29 is 14.7 Å². The molecule has 2 N–H and O–H groups in total. The molecule has 1 aromatic rings. The average molecular weight is 302 g/mol. The molecule has 1 amide bonds. The van der Waals surface area contributed by atoms with Gasteiger partial charge in [-0.1, -0.05) is 31.2 Å². The maximum absolute atomic E-state index is 12.3. The number of nitrogens with one attached hydrogen (secondary N) is 1. The third-order valence-electron chi connectivity index (χ3n) is 4.89. The number of aliphatic carboxylic acids is 1. The van der Waals surface area contributed by atoms with Gasteiger partial charge in [-0.25, -0.2) is 0 Å². The molecule has 0 radical (unpaired) electrons. The molecular weight excluding hydrogens is 280 g/mol. The zero-order valence-electron chi connectivity index (χ0n) is 12.8. The van der Waals surface area contributed by atoms with E-state index in [2.05, 4.69) is 11.4 Å². The van der Waals surface area contributed by atoms with Crippen molar-refractivity contribution >= 4 is 11.9 Å². The van der Waals surface area contributed by atoms with Crippen molar-refractivity contribution in [2.75, 3.05) is 13.1 Å². The third-order valence-corrected chi connectivity index (χ3v) is 4.89. The number of rotatable bonds is 6. The Hall–Kier alpha value is -1.88. The zero-order chi connectivity index (χ0) is 15.7. The lowest BCUT2D eigenvalue weighted by molar-refractivity contribution is -0.140. The van der Waals surface area contributed by atoms with Crippen molar-refractivity contribution in [3.63, 3.8) is 0 Å². The van der Waals surface area contributed by atoms with Crippen LogP contribution < -0.4 is 5.32 Å². The zero-order valence-corrected chi connectivity index (χ0v) is 12.8. The predicted molar refractivity (Wildman–Crippen MR) is 82.7 cm³/mol. The minimum absolute atomic E-state index is 0.00320. The lowest BCUT2D eigenvalue weighted by Crippen LogP contribution is -2.55. The van der Waals surface area contributed by atoms with Gasteiger partial charge in [-0.3, -0.25) is 14.5 Å². The van der Waals surface area contributed by atoms with E-state index in [4.69, 9.17) is 5.11 Å². The summed E-state index contributed by atoms with van der Waals surface area (Å²) in [6.07, 6.45) is 2.53. The van der Waals surface area contributed by atoms with Crippen molar-refractivity contribution in [2.24, 2.45) is 0 Å². The third kappa shape index (κ3) is 2.86. The number of nitrogens with zero attached hydrogens (tertiary/aromatic N) is 1. The van der Waals surface area contributed by atoms with E-state index in [-0.39, 0.29) is 30.5 Å². The number of carboxylic acids is 1. The van der Waals surface area contributed by atoms with Gasteiger partial charge in [0.15, 0.2) is 0 Å². The molecule has 1 fully saturated rings. The topological polar surface area (TPSA) is 69.6 Å². The molecule has 1 saturated carbocycles. The number of amides is 1. The first-order valence-electron chi connectivity index (χ1n) is 7.92. The number of likely N-dealkylation sites (N-methyl/N-ethyl adjacent to an activating group) is 1. The summed E-state index contributed by atoms with van der Waals surface area (Å²) in [4.78, 5) is 25.1. The molecule has 118 valence electrons. The molecule has 0 saturated heterocycles. The van der Waals surface area contributed by atoms with Crippen LogP contribution in [0.25, 0.3) is 0 Å². The van der Waals surface area contributed by atoms with Gasteiger partial charge in [-0.05, 0) is 36.9 Å². The summed E-state index contributed by atoms with van der Waals surface area (Å²) in [5.74, 6) is -0.680. The second-order valence-corrected chi connectivity index (χ2v) is 6.24. The number of carbonyl (C=O) groups excluding carboxylic acids is 1. The molecule has 2 aliphatic carbocycles. The smallest absolute Gasteiger partial charge is 0.317 e. The number of hydrogen-bond acceptors (Lipinski definition) is 3. The summed E-state index contributed by atoms with van der Waals surface area (Å²) in [7, 11) is 0. The summed E-state index contributed by atoms with van der Waals surface area (Å²) >= 11 is 0. The molecule has 2 aliphatic rings. The Kier molecular flexibility index (Phi) is 4.16. The van der Waals surface area contributed by atoms with Crippen LogP contribution in [0.3, 0.4) is 0 Å². The van der Waals surface area contributed by atoms with Crippen LogP contribution in [0.15, 0.2) is 24.3 Å². The first-order chi connectivity index (χ1) is 10.6. The fourth-order valence-corrected chi connectivity index (χ4v) is 3.47. The van der Waals surface area contributed by atoms with Crippen molar-refractivity contribution in [1.29, 1.82) is 0 Å². The van der Waals surface area contributed by atoms with Crippen LogP contribution >= 0.6 is 0 Å². The predicted octanol–water partition coefficient (Wildman–Crippen LogP) is 1.38. The van der Waals surface area contributed by atoms with Crippen LogP contribution in [0.2, 0.25) is 0 Å². The van der Waals surface area contributed by atoms with E-state index in [0.29, 0.717) is 0 Å². The lowest BCUT2D eigenvalue weighted by atomic mass is 9.76. The molecule has 0 aromatic heterocycles. The Balaban J connectivity index is 1.47. The Morgan fingerprint density at radius 3 is 2.68 bits per heavy atom. The Labute approximate surface area is 130 Å². The van der Waals surface area contributed by atoms with E-state index >= 15 is 0 Å². The SMILES string of the molecule is CCN(CC(=O)O)C1CC(NC(=O)C2Cc3ccccc32)C1. The lowest BCUT2D eigenvalue weighted by Gasteiger charge is -2.43. The van der Waals surface area contributed by atoms with Gasteiger partial charge in [-0.2, -0.15) is 0 Å². The van der Waals surface area contributed by atoms with Crippen LogP contribution in [-0.2, 0) is 16.0 Å². The number of fused-ring (bicyclic) bond motifs is 1. The van der Waals surface area contributed by atoms with Gasteiger partial charge in [0.05, 0.1) is 12.5 Å². The molecule has 22 heavy (non-hydrogen) atoms. The molecule has 3 rings (SSSR count). The van der Waals surface area contributed by atoms with Gasteiger partial charge < -0.3 is 10.4 Å². The van der Waals surface area contributed by atoms with E-state index in [0.717, 1.165) is 31.4 Å². The summed E-state index contributed by atoms with van der Waals surface area (Å²) in [5, 5.41) is 12.0. The second kappa shape index (κ2) is 6.08. The fraction of sp³-hybridized carbons (Fsp3) is 0.529. The van der Waals surface area contributed by atoms with Gasteiger partial charge in [-0.15, -0.1) is 0 Å². The quantitative estimate of drug-likeness (QED) is 0.833. The number of carboxylic acid groups (broad SMARTS) is 1. The van der Waals surface area contributed by atoms with E-state index in [9.17, 15) is 9.59 Å². The first-order valence-corrected chi connectivity index (χ1v) is 7.92. The summed E-state index contributed by atoms with van der Waals surface area (Å²) in [6.45, 7) is 2.78. The molecule has 0 spiro atoms. The summed E-state index contributed by atoms with van der Waals surface area (Å²) in [6, 6.07) is 8.55. The van der Waals surface area contributed by atoms with Crippen molar-refractivity contribution in [2.45, 2.75) is 44.2 Å². The standard InChI is InChI=1S/C17H22N2O3/c1-2-19(10-16(20)21)13-8-12(9-13)18-17(22)15-7-11-5-3-4-6-14(11)15/h3-6,12-13,15H,2,7-10H2,1H3,(H,18,22)(H,20,21). The van der Waals surface area contributed by atoms with E-state index in [1.54, 1.807) is 0 Å². The van der Waals surface area contributed by atoms with Crippen molar-refractivity contribution in [3.8, 4) is 0 Å². The molecule has 5 nitrogen and oxygen atoms in total. The van der Waals surface area contributed by atoms with Crippen LogP contribution in [0, 0.1) is 0 Å². The largest absolute Gasteiger partial charge is 0.480 e. The number of hydrogen-bond donors (Lipinski definition) is 2. The van der Waals surface area contributed by atoms with Gasteiger partial charge >= 0.3 is 5.97 Å². The van der Waals surface area contributed by atoms with E-state index < -0.39 is 5.97 Å². The van der Waals surface area contributed by atoms with Gasteiger partial charge in [0.1, 0.15) is 0 Å². The Morgan fingerprint density at radius 2 is 2.05 bits per heavy atom. The normalized spacial score (nSPS) is 25.8. The fourth-order valence-electron chi connectivity index (χ4n) is 3.47. The average Bonchev–Trinajstić information content (AvgIpc) is 2.41. The highest BCUT2D eigenvalue weighted by Crippen LogP contribution is 2.35. The van der Waals surface area contributed by atoms with Crippen molar-refractivity contribution in [3.05, 3.63) is 35.4 Å². The molecule has 5 heteroatoms. The molecule has 1 atom stereocenters. The minimum Gasteiger partial charge on any atom is -0.480 e. The van der Waals surface area contributed by atoms with Crippen LogP contribution in [0.5, 0.6) is 0 Å². The Morgan fingerprint density at radius 1 is 1.32 bits per heavy atom. The monoisotopic (exact) mass is 302 g/mol. The van der Waals surface area contributed by atoms with E-state index in [1.807, 2.05) is 30.0 Å². The summed E-state index contributed by atoms with van der Waals surface area (Å²) in [5.41, 5.74) is 2.42. The molecular formula is C17H22N2O3. The molecule has 0 heterocycles. The highest BCUT2D eigenvalue weighted by molar-refractivity contribution is 5.87. The van der Waals surface area contributed by atoms with Gasteiger partial charge in [0, 0.05) is 12.1 Å².